The third-order valence-corrected chi connectivity index (χ3v) is 1.94. The van der Waals surface area contributed by atoms with Crippen molar-refractivity contribution in [2.24, 2.45) is 5.73 Å². The normalized spacial score (nSPS) is 22.5. The smallest absolute Gasteiger partial charge is 0.0297 e. The number of rotatable bonds is 1. The molecule has 0 aromatic carbocycles. The highest BCUT2D eigenvalue weighted by Crippen LogP contribution is 2.24. The van der Waals surface area contributed by atoms with Crippen molar-refractivity contribution < 1.29 is 0 Å². The summed E-state index contributed by atoms with van der Waals surface area (Å²) < 4.78 is 0. The van der Waals surface area contributed by atoms with Crippen molar-refractivity contribution in [1.82, 2.24) is 0 Å². The second-order valence-corrected chi connectivity index (χ2v) is 2.58. The van der Waals surface area contributed by atoms with Crippen LogP contribution in [-0.4, -0.2) is 6.04 Å². The minimum Gasteiger partial charge on any atom is -0.324 e. The van der Waals surface area contributed by atoms with Gasteiger partial charge >= 0.3 is 0 Å². The van der Waals surface area contributed by atoms with Crippen molar-refractivity contribution in [2.45, 2.75) is 25.8 Å². The van der Waals surface area contributed by atoms with Gasteiger partial charge in [0.2, 0.25) is 0 Å². The van der Waals surface area contributed by atoms with Gasteiger partial charge in [0.15, 0.2) is 0 Å². The number of nitrogens with two attached hydrogens (primary N) is 1. The zero-order valence-corrected chi connectivity index (χ0v) is 7.27. The van der Waals surface area contributed by atoms with Crippen LogP contribution in [-0.2, 0) is 0 Å². The summed E-state index contributed by atoms with van der Waals surface area (Å²) in [6.07, 6.45) is 4.14. The monoisotopic (exact) mass is 151 g/mol. The van der Waals surface area contributed by atoms with Gasteiger partial charge in [-0.2, -0.15) is 0 Å². The molecule has 1 heteroatoms. The molecule has 0 bridgehead atoms. The molecule has 1 unspecified atom stereocenters. The van der Waals surface area contributed by atoms with Crippen molar-refractivity contribution in [2.75, 3.05) is 0 Å². The summed E-state index contributed by atoms with van der Waals surface area (Å²) in [5.41, 5.74) is 8.42. The van der Waals surface area contributed by atoms with Crippen LogP contribution < -0.4 is 5.73 Å². The lowest BCUT2D eigenvalue weighted by atomic mass is 10.1. The average Bonchev–Trinajstić information content (AvgIpc) is 2.35. The van der Waals surface area contributed by atoms with Crippen LogP contribution in [0.2, 0.25) is 0 Å². The summed E-state index contributed by atoms with van der Waals surface area (Å²) in [4.78, 5) is 0. The number of allylic oxidation sites excluding steroid dienone is 1. The Morgan fingerprint density at radius 1 is 1.55 bits per heavy atom. The van der Waals surface area contributed by atoms with E-state index in [0.29, 0.717) is 0 Å². The first kappa shape index (κ1) is 10.2. The van der Waals surface area contributed by atoms with Crippen molar-refractivity contribution in [3.05, 3.63) is 37.0 Å². The van der Waals surface area contributed by atoms with Crippen molar-refractivity contribution >= 4 is 0 Å². The zero-order valence-electron chi connectivity index (χ0n) is 7.27. The molecule has 1 atom stereocenters. The zero-order chi connectivity index (χ0) is 8.85. The molecule has 1 aliphatic rings. The lowest BCUT2D eigenvalue weighted by molar-refractivity contribution is 0.759. The molecule has 0 saturated heterocycles. The highest BCUT2D eigenvalue weighted by molar-refractivity contribution is 5.32. The largest absolute Gasteiger partial charge is 0.324 e. The summed E-state index contributed by atoms with van der Waals surface area (Å²) in [7, 11) is 0. The fourth-order valence-corrected chi connectivity index (χ4v) is 1.31. The lowest BCUT2D eigenvalue weighted by Gasteiger charge is -2.02. The Balaban J connectivity index is 0.000000461. The highest BCUT2D eigenvalue weighted by Gasteiger charge is 2.15. The molecule has 62 valence electrons. The van der Waals surface area contributed by atoms with Gasteiger partial charge in [-0.1, -0.05) is 18.2 Å². The molecule has 0 aromatic heterocycles. The SMILES string of the molecule is C=C.C=CC1=C(C)CCC1N. The maximum absolute atomic E-state index is 5.75. The third kappa shape index (κ3) is 2.35. The molecule has 0 saturated carbocycles. The molecule has 0 aromatic rings. The van der Waals surface area contributed by atoms with E-state index >= 15 is 0 Å². The maximum Gasteiger partial charge on any atom is 0.0297 e. The molecule has 11 heavy (non-hydrogen) atoms. The minimum atomic E-state index is 0.266. The van der Waals surface area contributed by atoms with E-state index in [4.69, 9.17) is 5.73 Å². The van der Waals surface area contributed by atoms with E-state index in [-0.39, 0.29) is 6.04 Å². The van der Waals surface area contributed by atoms with Crippen molar-refractivity contribution in [1.29, 1.82) is 0 Å². The van der Waals surface area contributed by atoms with Gasteiger partial charge in [-0.25, -0.2) is 0 Å². The molecule has 1 rings (SSSR count). The third-order valence-electron chi connectivity index (χ3n) is 1.94. The van der Waals surface area contributed by atoms with Crippen LogP contribution in [0, 0.1) is 0 Å². The Hall–Kier alpha value is -0.820. The van der Waals surface area contributed by atoms with Gasteiger partial charge in [0.1, 0.15) is 0 Å². The topological polar surface area (TPSA) is 26.0 Å². The fraction of sp³-hybridized carbons (Fsp3) is 0.400. The second-order valence-electron chi connectivity index (χ2n) is 2.58. The van der Waals surface area contributed by atoms with E-state index in [2.05, 4.69) is 26.7 Å². The van der Waals surface area contributed by atoms with E-state index in [1.165, 1.54) is 11.1 Å². The minimum absolute atomic E-state index is 0.266. The standard InChI is InChI=1S/C8H13N.C2H4/c1-3-7-6(2)4-5-8(7)9;1-2/h3,8H,1,4-5,9H2,2H3;1-2H2. The quantitative estimate of drug-likeness (QED) is 0.572. The Morgan fingerprint density at radius 3 is 2.27 bits per heavy atom. The molecular weight excluding hydrogens is 134 g/mol. The van der Waals surface area contributed by atoms with Crippen molar-refractivity contribution in [3.63, 3.8) is 0 Å². The summed E-state index contributed by atoms with van der Waals surface area (Å²) >= 11 is 0. The molecule has 2 N–H and O–H groups in total. The Labute approximate surface area is 69.3 Å². The molecule has 0 radical (unpaired) electrons. The molecule has 1 nitrogen and oxygen atoms in total. The van der Waals surface area contributed by atoms with E-state index in [9.17, 15) is 0 Å². The van der Waals surface area contributed by atoms with Gasteiger partial charge in [-0.3, -0.25) is 0 Å². The van der Waals surface area contributed by atoms with Crippen LogP contribution >= 0.6 is 0 Å². The first-order chi connectivity index (χ1) is 5.25. The lowest BCUT2D eigenvalue weighted by Crippen LogP contribution is -2.17. The summed E-state index contributed by atoms with van der Waals surface area (Å²) in [5, 5.41) is 0. The Kier molecular flexibility index (Phi) is 4.55. The predicted octanol–water partition coefficient (Wildman–Crippen LogP) is 2.41. The van der Waals surface area contributed by atoms with Crippen molar-refractivity contribution in [3.8, 4) is 0 Å². The van der Waals surface area contributed by atoms with Crippen LogP contribution in [0.3, 0.4) is 0 Å². The van der Waals surface area contributed by atoms with Gasteiger partial charge in [0.05, 0.1) is 0 Å². The van der Waals surface area contributed by atoms with Gasteiger partial charge in [-0.05, 0) is 25.3 Å². The van der Waals surface area contributed by atoms with Crippen LogP contribution in [0.5, 0.6) is 0 Å². The number of hydrogen-bond acceptors (Lipinski definition) is 1. The molecule has 1 aliphatic carbocycles. The van der Waals surface area contributed by atoms with Gasteiger partial charge < -0.3 is 5.73 Å². The average molecular weight is 151 g/mol. The molecule has 0 fully saturated rings. The Bertz CT molecular complexity index is 168. The van der Waals surface area contributed by atoms with E-state index < -0.39 is 0 Å². The van der Waals surface area contributed by atoms with Crippen LogP contribution in [0.1, 0.15) is 19.8 Å². The van der Waals surface area contributed by atoms with Crippen LogP contribution in [0.25, 0.3) is 0 Å². The van der Waals surface area contributed by atoms with Gasteiger partial charge in [0, 0.05) is 6.04 Å². The maximum atomic E-state index is 5.75. The van der Waals surface area contributed by atoms with E-state index in [1.807, 2.05) is 6.08 Å². The highest BCUT2D eigenvalue weighted by atomic mass is 14.6. The second kappa shape index (κ2) is 4.91. The van der Waals surface area contributed by atoms with Gasteiger partial charge in [0.25, 0.3) is 0 Å². The Morgan fingerprint density at radius 2 is 2.09 bits per heavy atom. The van der Waals surface area contributed by atoms with Crippen LogP contribution in [0.4, 0.5) is 0 Å². The predicted molar refractivity (Wildman–Crippen MR) is 51.4 cm³/mol. The molecule has 0 aliphatic heterocycles. The van der Waals surface area contributed by atoms with Gasteiger partial charge in [-0.15, -0.1) is 13.2 Å². The molecule has 0 spiro atoms. The first-order valence-corrected chi connectivity index (χ1v) is 3.83. The summed E-state index contributed by atoms with van der Waals surface area (Å²) in [6, 6.07) is 0.266. The molecule has 0 amide bonds. The first-order valence-electron chi connectivity index (χ1n) is 3.83. The number of hydrogen-bond donors (Lipinski definition) is 1. The molecule has 0 heterocycles. The fourth-order valence-electron chi connectivity index (χ4n) is 1.31. The summed E-state index contributed by atoms with van der Waals surface area (Å²) in [6.45, 7) is 11.8. The van der Waals surface area contributed by atoms with E-state index in [0.717, 1.165) is 12.8 Å². The summed E-state index contributed by atoms with van der Waals surface area (Å²) in [5.74, 6) is 0. The molecular formula is C10H17N. The van der Waals surface area contributed by atoms with Crippen LogP contribution in [0.15, 0.2) is 37.0 Å². The van der Waals surface area contributed by atoms with E-state index in [1.54, 1.807) is 0 Å².